The van der Waals surface area contributed by atoms with E-state index in [0.29, 0.717) is 24.5 Å². The molecule has 1 aromatic carbocycles. The summed E-state index contributed by atoms with van der Waals surface area (Å²) in [4.78, 5) is 33.0. The van der Waals surface area contributed by atoms with Crippen molar-refractivity contribution >= 4 is 29.6 Å². The van der Waals surface area contributed by atoms with Crippen LogP contribution in [-0.2, 0) is 14.4 Å². The highest BCUT2D eigenvalue weighted by molar-refractivity contribution is 8.01. The van der Waals surface area contributed by atoms with E-state index in [1.165, 1.54) is 5.56 Å². The molecule has 3 aliphatic rings. The van der Waals surface area contributed by atoms with E-state index in [9.17, 15) is 14.4 Å². The number of aryl methyl sites for hydroxylation is 1. The summed E-state index contributed by atoms with van der Waals surface area (Å²) in [5.41, 5.74) is 1.18. The number of hydrogen-bond donors (Lipinski definition) is 3. The first-order chi connectivity index (χ1) is 14.7. The van der Waals surface area contributed by atoms with Crippen molar-refractivity contribution in [1.82, 2.24) is 10.2 Å². The Morgan fingerprint density at radius 2 is 1.90 bits per heavy atom. The summed E-state index contributed by atoms with van der Waals surface area (Å²) in [5, 5.41) is 18.8. The lowest BCUT2D eigenvalue weighted by molar-refractivity contribution is -0.134. The SMILES string of the molecule is Cc1ccc2c(c1)OCC(CN1CCC3(CC1)NC(=O)CS3)O2.O=C(O)/C=C\C(=O)O. The predicted octanol–water partition coefficient (Wildman–Crippen LogP) is 1.50. The van der Waals surface area contributed by atoms with E-state index in [0.717, 1.165) is 44.0 Å². The van der Waals surface area contributed by atoms with Crippen LogP contribution in [0.3, 0.4) is 0 Å². The summed E-state index contributed by atoms with van der Waals surface area (Å²) in [6, 6.07) is 6.07. The third kappa shape index (κ3) is 6.63. The van der Waals surface area contributed by atoms with Crippen LogP contribution in [0.5, 0.6) is 11.5 Å². The third-order valence-corrected chi connectivity index (χ3v) is 6.63. The highest BCUT2D eigenvalue weighted by atomic mass is 32.2. The molecule has 3 N–H and O–H groups in total. The van der Waals surface area contributed by atoms with Gasteiger partial charge in [-0.05, 0) is 37.5 Å². The normalized spacial score (nSPS) is 22.0. The number of carboxylic acid groups (broad SMARTS) is 2. The summed E-state index contributed by atoms with van der Waals surface area (Å²) in [6.45, 7) is 5.52. The molecule has 1 unspecified atom stereocenters. The third-order valence-electron chi connectivity index (χ3n) is 5.16. The second-order valence-corrected chi connectivity index (χ2v) is 9.00. The van der Waals surface area contributed by atoms with Gasteiger partial charge in [0, 0.05) is 31.8 Å². The standard InChI is InChI=1S/C17H22N2O3S.C4H4O4/c1-12-2-3-14-15(8-12)21-10-13(22-14)9-19-6-4-17(5-7-19)18-16(20)11-23-17;5-3(6)1-2-4(7)8/h2-3,8,13H,4-7,9-11H2,1H3,(H,18,20);1-2H,(H,5,6)(H,7,8)/b;2-1-. The van der Waals surface area contributed by atoms with Gasteiger partial charge in [-0.2, -0.15) is 0 Å². The molecule has 1 spiro atoms. The molecule has 3 aliphatic heterocycles. The molecule has 10 heteroatoms. The van der Waals surface area contributed by atoms with E-state index in [-0.39, 0.29) is 16.9 Å². The van der Waals surface area contributed by atoms with Crippen molar-refractivity contribution in [3.8, 4) is 11.5 Å². The molecule has 1 atom stereocenters. The van der Waals surface area contributed by atoms with Gasteiger partial charge in [0.25, 0.3) is 0 Å². The molecule has 4 rings (SSSR count). The van der Waals surface area contributed by atoms with Crippen molar-refractivity contribution in [2.45, 2.75) is 30.7 Å². The molecule has 31 heavy (non-hydrogen) atoms. The lowest BCUT2D eigenvalue weighted by Crippen LogP contribution is -2.52. The smallest absolute Gasteiger partial charge is 0.328 e. The average molecular weight is 451 g/mol. The Morgan fingerprint density at radius 3 is 2.48 bits per heavy atom. The van der Waals surface area contributed by atoms with Gasteiger partial charge in [0.15, 0.2) is 11.5 Å². The van der Waals surface area contributed by atoms with Gasteiger partial charge in [0.2, 0.25) is 5.91 Å². The fourth-order valence-corrected chi connectivity index (χ4v) is 4.78. The Balaban J connectivity index is 0.000000293. The van der Waals surface area contributed by atoms with Gasteiger partial charge in [-0.25, -0.2) is 9.59 Å². The maximum absolute atomic E-state index is 11.5. The van der Waals surface area contributed by atoms with Crippen LogP contribution >= 0.6 is 11.8 Å². The summed E-state index contributed by atoms with van der Waals surface area (Å²) >= 11 is 1.77. The number of rotatable bonds is 4. The van der Waals surface area contributed by atoms with E-state index < -0.39 is 11.9 Å². The Labute approximate surface area is 184 Å². The first kappa shape index (κ1) is 23.0. The number of carbonyl (C=O) groups is 3. The van der Waals surface area contributed by atoms with Gasteiger partial charge in [-0.15, -0.1) is 11.8 Å². The summed E-state index contributed by atoms with van der Waals surface area (Å²) in [7, 11) is 0. The number of aliphatic carboxylic acids is 2. The number of nitrogens with one attached hydrogen (secondary N) is 1. The molecule has 1 amide bonds. The molecule has 0 bridgehead atoms. The molecular formula is C21H26N2O7S. The van der Waals surface area contributed by atoms with Crippen molar-refractivity contribution in [3.63, 3.8) is 0 Å². The Hall–Kier alpha value is -2.72. The van der Waals surface area contributed by atoms with Crippen molar-refractivity contribution < 1.29 is 34.1 Å². The number of benzene rings is 1. The summed E-state index contributed by atoms with van der Waals surface area (Å²) < 4.78 is 11.9. The fourth-order valence-electron chi connectivity index (χ4n) is 3.64. The zero-order chi connectivity index (χ0) is 22.4. The van der Waals surface area contributed by atoms with E-state index in [1.54, 1.807) is 11.8 Å². The number of fused-ring (bicyclic) bond motifs is 1. The number of carbonyl (C=O) groups excluding carboxylic acids is 1. The number of hydrogen-bond acceptors (Lipinski definition) is 7. The van der Waals surface area contributed by atoms with Crippen molar-refractivity contribution in [1.29, 1.82) is 0 Å². The van der Waals surface area contributed by atoms with Crippen LogP contribution in [0.2, 0.25) is 0 Å². The van der Waals surface area contributed by atoms with Crippen molar-refractivity contribution in [2.24, 2.45) is 0 Å². The number of nitrogens with zero attached hydrogens (tertiary/aromatic N) is 1. The first-order valence-electron chi connectivity index (χ1n) is 9.96. The highest BCUT2D eigenvalue weighted by Crippen LogP contribution is 2.38. The van der Waals surface area contributed by atoms with Crippen LogP contribution in [0, 0.1) is 6.92 Å². The van der Waals surface area contributed by atoms with Gasteiger partial charge in [-0.1, -0.05) is 6.07 Å². The van der Waals surface area contributed by atoms with Crippen LogP contribution in [0.25, 0.3) is 0 Å². The monoisotopic (exact) mass is 450 g/mol. The van der Waals surface area contributed by atoms with Crippen LogP contribution < -0.4 is 14.8 Å². The molecule has 0 aromatic heterocycles. The Bertz CT molecular complexity index is 849. The number of piperidine rings is 1. The molecule has 0 aliphatic carbocycles. The van der Waals surface area contributed by atoms with Gasteiger partial charge < -0.3 is 25.0 Å². The number of carboxylic acids is 2. The lowest BCUT2D eigenvalue weighted by Gasteiger charge is -2.40. The maximum Gasteiger partial charge on any atom is 0.328 e. The first-order valence-corrected chi connectivity index (χ1v) is 10.9. The summed E-state index contributed by atoms with van der Waals surface area (Å²) in [5.74, 6) is -0.0301. The van der Waals surface area contributed by atoms with E-state index in [2.05, 4.69) is 23.2 Å². The van der Waals surface area contributed by atoms with Crippen LogP contribution in [0.4, 0.5) is 0 Å². The topological polar surface area (TPSA) is 125 Å². The minimum Gasteiger partial charge on any atom is -0.486 e. The van der Waals surface area contributed by atoms with Crippen molar-refractivity contribution in [3.05, 3.63) is 35.9 Å². The predicted molar refractivity (Wildman–Crippen MR) is 115 cm³/mol. The molecule has 0 saturated carbocycles. The lowest BCUT2D eigenvalue weighted by atomic mass is 10.0. The van der Waals surface area contributed by atoms with Gasteiger partial charge >= 0.3 is 11.9 Å². The second kappa shape index (κ2) is 10.1. The minimum atomic E-state index is -1.26. The van der Waals surface area contributed by atoms with Crippen LogP contribution in [-0.4, -0.2) is 75.9 Å². The van der Waals surface area contributed by atoms with Gasteiger partial charge in [-0.3, -0.25) is 9.69 Å². The molecule has 2 saturated heterocycles. The molecule has 2 fully saturated rings. The van der Waals surface area contributed by atoms with Crippen LogP contribution in [0.1, 0.15) is 18.4 Å². The van der Waals surface area contributed by atoms with Crippen LogP contribution in [0.15, 0.2) is 30.4 Å². The zero-order valence-corrected chi connectivity index (χ0v) is 18.0. The number of thioether (sulfide) groups is 1. The average Bonchev–Trinajstić information content (AvgIpc) is 3.09. The largest absolute Gasteiger partial charge is 0.486 e. The molecule has 9 nitrogen and oxygen atoms in total. The molecule has 0 radical (unpaired) electrons. The quantitative estimate of drug-likeness (QED) is 0.585. The Morgan fingerprint density at radius 1 is 1.23 bits per heavy atom. The minimum absolute atomic E-state index is 0.0123. The van der Waals surface area contributed by atoms with Crippen molar-refractivity contribution in [2.75, 3.05) is 32.0 Å². The van der Waals surface area contributed by atoms with E-state index in [4.69, 9.17) is 19.7 Å². The van der Waals surface area contributed by atoms with E-state index in [1.807, 2.05) is 12.1 Å². The summed E-state index contributed by atoms with van der Waals surface area (Å²) in [6.07, 6.45) is 3.20. The number of amides is 1. The highest BCUT2D eigenvalue weighted by Gasteiger charge is 2.41. The Kier molecular flexibility index (Phi) is 7.45. The zero-order valence-electron chi connectivity index (χ0n) is 17.2. The maximum atomic E-state index is 11.5. The number of likely N-dealkylation sites (tertiary alicyclic amines) is 1. The number of ether oxygens (including phenoxy) is 2. The van der Waals surface area contributed by atoms with Gasteiger partial charge in [0.05, 0.1) is 10.6 Å². The molecular weight excluding hydrogens is 424 g/mol. The molecule has 1 aromatic rings. The fraction of sp³-hybridized carbons (Fsp3) is 0.476. The molecule has 3 heterocycles. The van der Waals surface area contributed by atoms with E-state index >= 15 is 0 Å². The second-order valence-electron chi connectivity index (χ2n) is 7.64. The molecule has 168 valence electrons. The van der Waals surface area contributed by atoms with Gasteiger partial charge in [0.1, 0.15) is 12.7 Å².